The molecule has 0 amide bonds. The average molecular weight is 585 g/mol. The summed E-state index contributed by atoms with van der Waals surface area (Å²) in [5.41, 5.74) is 0.955. The van der Waals surface area contributed by atoms with E-state index in [1.165, 1.54) is 96.3 Å². The lowest BCUT2D eigenvalue weighted by atomic mass is 10.0. The fraction of sp³-hybridized carbons (Fsp3) is 0.781. The molecule has 0 aliphatic rings. The second-order valence-electron chi connectivity index (χ2n) is 10.7. The SMILES string of the molecule is CCCCCCCCCCCCCCCCCCOc1ccccc1CC(COP(O)OCCC[NH2+]C)OC=O. The molecule has 0 aromatic heterocycles. The van der Waals surface area contributed by atoms with Gasteiger partial charge in [-0.3, -0.25) is 4.79 Å². The summed E-state index contributed by atoms with van der Waals surface area (Å²) in [6.45, 7) is 4.80. The Hall–Kier alpha value is -1.24. The van der Waals surface area contributed by atoms with E-state index in [0.29, 0.717) is 26.1 Å². The molecule has 0 bridgehead atoms. The van der Waals surface area contributed by atoms with Crippen molar-refractivity contribution < 1.29 is 33.5 Å². The monoisotopic (exact) mass is 584 g/mol. The van der Waals surface area contributed by atoms with Gasteiger partial charge in [0.25, 0.3) is 6.47 Å². The summed E-state index contributed by atoms with van der Waals surface area (Å²) in [6, 6.07) is 7.83. The summed E-state index contributed by atoms with van der Waals surface area (Å²) in [7, 11) is -0.00235. The molecule has 7 nitrogen and oxygen atoms in total. The van der Waals surface area contributed by atoms with Gasteiger partial charge in [0.15, 0.2) is 0 Å². The third-order valence-electron chi connectivity index (χ3n) is 7.13. The highest BCUT2D eigenvalue weighted by Gasteiger charge is 2.17. The Bertz CT molecular complexity index is 695. The Morgan fingerprint density at radius 3 is 1.95 bits per heavy atom. The van der Waals surface area contributed by atoms with E-state index < -0.39 is 14.7 Å². The van der Waals surface area contributed by atoms with Crippen LogP contribution in [-0.2, 0) is 25.0 Å². The second-order valence-corrected chi connectivity index (χ2v) is 11.7. The van der Waals surface area contributed by atoms with E-state index in [2.05, 4.69) is 12.2 Å². The topological polar surface area (TPSA) is 90.8 Å². The lowest BCUT2D eigenvalue weighted by Gasteiger charge is -2.19. The van der Waals surface area contributed by atoms with Crippen LogP contribution in [0, 0.1) is 0 Å². The van der Waals surface area contributed by atoms with Crippen molar-refractivity contribution in [2.75, 3.05) is 33.4 Å². The first-order valence-corrected chi connectivity index (χ1v) is 17.2. The van der Waals surface area contributed by atoms with E-state index in [0.717, 1.165) is 30.7 Å². The molecule has 8 heteroatoms. The molecule has 0 heterocycles. The molecule has 1 aromatic carbocycles. The van der Waals surface area contributed by atoms with Crippen LogP contribution in [0.2, 0.25) is 0 Å². The predicted molar refractivity (Wildman–Crippen MR) is 165 cm³/mol. The molecule has 0 spiro atoms. The standard InChI is InChI=1S/C32H58NO6P/c1-3-4-5-6-7-8-9-10-11-12-13-14-15-16-17-20-25-36-32-23-19-18-22-30(32)27-31(37-29-34)28-39-40(35)38-26-21-24-33-2/h18-19,22-23,29,31,33,35H,3-17,20-21,24-28H2,1-2H3/p+1. The molecule has 2 atom stereocenters. The fourth-order valence-corrected chi connectivity index (χ4v) is 5.38. The molecule has 0 saturated heterocycles. The maximum atomic E-state index is 11.0. The summed E-state index contributed by atoms with van der Waals surface area (Å²) in [4.78, 5) is 21.0. The van der Waals surface area contributed by atoms with Crippen molar-refractivity contribution in [1.82, 2.24) is 0 Å². The third-order valence-corrected chi connectivity index (χ3v) is 7.91. The molecule has 2 unspecified atom stereocenters. The fourth-order valence-electron chi connectivity index (χ4n) is 4.73. The van der Waals surface area contributed by atoms with Gasteiger partial charge in [-0.15, -0.1) is 0 Å². The highest BCUT2D eigenvalue weighted by molar-refractivity contribution is 7.40. The van der Waals surface area contributed by atoms with Crippen LogP contribution in [0.1, 0.15) is 122 Å². The summed E-state index contributed by atoms with van der Waals surface area (Å²) in [5.74, 6) is 0.807. The number of quaternary nitrogens is 1. The molecular weight excluding hydrogens is 525 g/mol. The Labute approximate surface area is 246 Å². The molecule has 0 aliphatic carbocycles. The zero-order valence-electron chi connectivity index (χ0n) is 25.5. The van der Waals surface area contributed by atoms with Crippen molar-refractivity contribution in [3.05, 3.63) is 29.8 Å². The first-order chi connectivity index (χ1) is 19.7. The van der Waals surface area contributed by atoms with Crippen molar-refractivity contribution in [3.8, 4) is 5.75 Å². The maximum absolute atomic E-state index is 11.0. The van der Waals surface area contributed by atoms with Crippen LogP contribution in [0.4, 0.5) is 0 Å². The molecule has 0 fully saturated rings. The largest absolute Gasteiger partial charge is 0.493 e. The summed E-state index contributed by atoms with van der Waals surface area (Å²) in [6.07, 6.45) is 22.3. The number of hydrogen-bond donors (Lipinski definition) is 2. The predicted octanol–water partition coefficient (Wildman–Crippen LogP) is 7.25. The van der Waals surface area contributed by atoms with Crippen LogP contribution < -0.4 is 10.1 Å². The highest BCUT2D eigenvalue weighted by Crippen LogP contribution is 2.33. The molecule has 0 saturated carbocycles. The third kappa shape index (κ3) is 21.5. The molecule has 3 N–H and O–H groups in total. The summed E-state index contributed by atoms with van der Waals surface area (Å²) < 4.78 is 22.0. The second kappa shape index (κ2) is 27.9. The number of benzene rings is 1. The van der Waals surface area contributed by atoms with Gasteiger partial charge in [0.2, 0.25) is 0 Å². The summed E-state index contributed by atoms with van der Waals surface area (Å²) >= 11 is 0. The lowest BCUT2D eigenvalue weighted by molar-refractivity contribution is -0.627. The Kier molecular flexibility index (Phi) is 25.7. The molecular formula is C32H59NO6P+. The van der Waals surface area contributed by atoms with Crippen molar-refractivity contribution in [1.29, 1.82) is 0 Å². The number of carbonyl (C=O) groups excluding carboxylic acids is 1. The molecule has 1 aromatic rings. The van der Waals surface area contributed by atoms with Gasteiger partial charge in [-0.05, 0) is 18.1 Å². The van der Waals surface area contributed by atoms with Gasteiger partial charge in [-0.25, -0.2) is 0 Å². The van der Waals surface area contributed by atoms with E-state index in [1.54, 1.807) is 0 Å². The number of para-hydroxylation sites is 1. The zero-order valence-corrected chi connectivity index (χ0v) is 26.4. The number of carbonyl (C=O) groups is 1. The number of hydrogen-bond acceptors (Lipinski definition) is 6. The van der Waals surface area contributed by atoms with Crippen molar-refractivity contribution in [3.63, 3.8) is 0 Å². The minimum atomic E-state index is -1.99. The normalized spacial score (nSPS) is 12.8. The van der Waals surface area contributed by atoms with E-state index >= 15 is 0 Å². The van der Waals surface area contributed by atoms with Gasteiger partial charge in [0, 0.05) is 12.8 Å². The minimum absolute atomic E-state index is 0.0638. The van der Waals surface area contributed by atoms with Crippen LogP contribution in [-0.4, -0.2) is 50.9 Å². The van der Waals surface area contributed by atoms with Crippen LogP contribution in [0.3, 0.4) is 0 Å². The van der Waals surface area contributed by atoms with E-state index in [4.69, 9.17) is 18.5 Å². The van der Waals surface area contributed by atoms with E-state index in [-0.39, 0.29) is 6.61 Å². The molecule has 1 rings (SSSR count). The van der Waals surface area contributed by atoms with Gasteiger partial charge in [-0.1, -0.05) is 121 Å². The van der Waals surface area contributed by atoms with Crippen molar-refractivity contribution in [2.45, 2.75) is 129 Å². The van der Waals surface area contributed by atoms with Gasteiger partial charge in [-0.2, -0.15) is 0 Å². The van der Waals surface area contributed by atoms with Crippen molar-refractivity contribution in [2.24, 2.45) is 0 Å². The van der Waals surface area contributed by atoms with Crippen LogP contribution in [0.5, 0.6) is 5.75 Å². The van der Waals surface area contributed by atoms with Crippen LogP contribution in [0.25, 0.3) is 0 Å². The zero-order chi connectivity index (χ0) is 28.9. The average Bonchev–Trinajstić information content (AvgIpc) is 2.96. The highest BCUT2D eigenvalue weighted by atomic mass is 31.2. The quantitative estimate of drug-likeness (QED) is 0.0563. The van der Waals surface area contributed by atoms with E-state index in [1.807, 2.05) is 31.3 Å². The van der Waals surface area contributed by atoms with E-state index in [9.17, 15) is 9.69 Å². The molecule has 232 valence electrons. The van der Waals surface area contributed by atoms with Gasteiger partial charge >= 0.3 is 8.60 Å². The van der Waals surface area contributed by atoms with Gasteiger partial charge < -0.3 is 28.7 Å². The van der Waals surface area contributed by atoms with Crippen molar-refractivity contribution >= 4 is 15.1 Å². The first-order valence-electron chi connectivity index (χ1n) is 16.0. The smallest absolute Gasteiger partial charge is 0.329 e. The minimum Gasteiger partial charge on any atom is -0.493 e. The van der Waals surface area contributed by atoms with Gasteiger partial charge in [0.1, 0.15) is 11.9 Å². The first kappa shape index (κ1) is 36.8. The Morgan fingerprint density at radius 2 is 1.38 bits per heavy atom. The van der Waals surface area contributed by atoms with Crippen LogP contribution in [0.15, 0.2) is 24.3 Å². The molecule has 0 aliphatic heterocycles. The Morgan fingerprint density at radius 1 is 0.800 bits per heavy atom. The number of unbranched alkanes of at least 4 members (excludes halogenated alkanes) is 15. The number of nitrogens with two attached hydrogens (primary N) is 1. The maximum Gasteiger partial charge on any atom is 0.329 e. The number of ether oxygens (including phenoxy) is 2. The lowest BCUT2D eigenvalue weighted by Crippen LogP contribution is -2.79. The van der Waals surface area contributed by atoms with Crippen LogP contribution >= 0.6 is 8.60 Å². The summed E-state index contributed by atoms with van der Waals surface area (Å²) in [5, 5.41) is 2.05. The Balaban J connectivity index is 2.13. The molecule has 40 heavy (non-hydrogen) atoms. The molecule has 0 radical (unpaired) electrons. The number of rotatable bonds is 30. The van der Waals surface area contributed by atoms with Gasteiger partial charge in [0.05, 0.1) is 33.4 Å².